The molecule has 1 aromatic heterocycles. The Morgan fingerprint density at radius 2 is 2.04 bits per heavy atom. The maximum atomic E-state index is 13.0. The van der Waals surface area contributed by atoms with Crippen LogP contribution in [0.25, 0.3) is 0 Å². The molecule has 3 heterocycles. The summed E-state index contributed by atoms with van der Waals surface area (Å²) in [7, 11) is 0. The number of carbonyl (C=O) groups excluding carboxylic acids is 1. The topological polar surface area (TPSA) is 41.4 Å². The van der Waals surface area contributed by atoms with Crippen molar-refractivity contribution in [1.82, 2.24) is 19.6 Å². The molecule has 0 radical (unpaired) electrons. The summed E-state index contributed by atoms with van der Waals surface area (Å²) in [6.07, 6.45) is 10.7. The van der Waals surface area contributed by atoms with Crippen LogP contribution in [0.5, 0.6) is 0 Å². The van der Waals surface area contributed by atoms with E-state index in [0.717, 1.165) is 32.4 Å². The summed E-state index contributed by atoms with van der Waals surface area (Å²) in [6.45, 7) is 7.12. The van der Waals surface area contributed by atoms with Crippen molar-refractivity contribution in [2.24, 2.45) is 5.92 Å². The van der Waals surface area contributed by atoms with Gasteiger partial charge in [-0.05, 0) is 51.6 Å². The lowest BCUT2D eigenvalue weighted by Gasteiger charge is -2.38. The highest BCUT2D eigenvalue weighted by atomic mass is 35.5. The van der Waals surface area contributed by atoms with E-state index in [-0.39, 0.29) is 11.8 Å². The zero-order valence-electron chi connectivity index (χ0n) is 14.7. The first-order valence-electron chi connectivity index (χ1n) is 9.34. The normalized spacial score (nSPS) is 23.6. The predicted molar refractivity (Wildman–Crippen MR) is 96.0 cm³/mol. The molecule has 0 N–H and O–H groups in total. The van der Waals surface area contributed by atoms with E-state index < -0.39 is 0 Å². The highest BCUT2D eigenvalue weighted by Crippen LogP contribution is 2.23. The Labute approximate surface area is 149 Å². The third-order valence-corrected chi connectivity index (χ3v) is 5.57. The van der Waals surface area contributed by atoms with Gasteiger partial charge in [-0.2, -0.15) is 5.10 Å². The van der Waals surface area contributed by atoms with Crippen LogP contribution >= 0.6 is 11.6 Å². The molecule has 0 aliphatic carbocycles. The van der Waals surface area contributed by atoms with Gasteiger partial charge in [0.1, 0.15) is 0 Å². The lowest BCUT2D eigenvalue weighted by Crippen LogP contribution is -2.47. The second-order valence-electron chi connectivity index (χ2n) is 7.30. The Morgan fingerprint density at radius 3 is 2.75 bits per heavy atom. The minimum atomic E-state index is -0.0617. The van der Waals surface area contributed by atoms with E-state index in [1.165, 1.54) is 32.4 Å². The van der Waals surface area contributed by atoms with E-state index in [0.29, 0.717) is 17.6 Å². The molecule has 0 saturated carbocycles. The third kappa shape index (κ3) is 4.51. The predicted octanol–water partition coefficient (Wildman–Crippen LogP) is 3.04. The number of aromatic nitrogens is 2. The molecule has 134 valence electrons. The van der Waals surface area contributed by atoms with Crippen molar-refractivity contribution in [3.8, 4) is 0 Å². The minimum Gasteiger partial charge on any atom is -0.339 e. The SMILES string of the molecule is CC(Cn1cc(Cl)cn1)C(=O)N1CCCCC1CCN1CCCC1. The minimum absolute atomic E-state index is 0.0617. The highest BCUT2D eigenvalue weighted by molar-refractivity contribution is 6.30. The van der Waals surface area contributed by atoms with E-state index in [1.807, 2.05) is 6.92 Å². The van der Waals surface area contributed by atoms with Gasteiger partial charge in [0.25, 0.3) is 0 Å². The molecule has 0 spiro atoms. The van der Waals surface area contributed by atoms with Crippen molar-refractivity contribution in [3.63, 3.8) is 0 Å². The molecule has 1 amide bonds. The number of halogens is 1. The van der Waals surface area contributed by atoms with Gasteiger partial charge in [0, 0.05) is 25.3 Å². The van der Waals surface area contributed by atoms with Crippen molar-refractivity contribution in [3.05, 3.63) is 17.4 Å². The molecular formula is C18H29ClN4O. The molecule has 6 heteroatoms. The molecule has 2 aliphatic rings. The number of amides is 1. The van der Waals surface area contributed by atoms with Gasteiger partial charge < -0.3 is 9.80 Å². The summed E-state index contributed by atoms with van der Waals surface area (Å²) in [4.78, 5) is 17.7. The Balaban J connectivity index is 1.55. The lowest BCUT2D eigenvalue weighted by atomic mass is 9.97. The fourth-order valence-corrected chi connectivity index (χ4v) is 4.16. The van der Waals surface area contributed by atoms with Crippen LogP contribution in [0.2, 0.25) is 5.02 Å². The summed E-state index contributed by atoms with van der Waals surface area (Å²) < 4.78 is 1.77. The smallest absolute Gasteiger partial charge is 0.227 e. The first-order valence-corrected chi connectivity index (χ1v) is 9.72. The van der Waals surface area contributed by atoms with Crippen LogP contribution in [0.15, 0.2) is 12.4 Å². The molecule has 2 fully saturated rings. The molecular weight excluding hydrogens is 324 g/mol. The second kappa shape index (κ2) is 8.34. The molecule has 1 aromatic rings. The summed E-state index contributed by atoms with van der Waals surface area (Å²) in [5.41, 5.74) is 0. The van der Waals surface area contributed by atoms with E-state index in [2.05, 4.69) is 14.9 Å². The van der Waals surface area contributed by atoms with Gasteiger partial charge in [-0.25, -0.2) is 0 Å². The average Bonchev–Trinajstić information content (AvgIpc) is 3.24. The van der Waals surface area contributed by atoms with Gasteiger partial charge in [-0.1, -0.05) is 18.5 Å². The number of rotatable bonds is 6. The van der Waals surface area contributed by atoms with Crippen LogP contribution in [-0.2, 0) is 11.3 Å². The third-order valence-electron chi connectivity index (χ3n) is 5.37. The monoisotopic (exact) mass is 352 g/mol. The molecule has 2 aliphatic heterocycles. The van der Waals surface area contributed by atoms with Gasteiger partial charge in [0.05, 0.1) is 23.7 Å². The molecule has 2 unspecified atom stereocenters. The molecule has 2 saturated heterocycles. The molecule has 3 rings (SSSR count). The zero-order valence-corrected chi connectivity index (χ0v) is 15.4. The second-order valence-corrected chi connectivity index (χ2v) is 7.74. The molecule has 0 bridgehead atoms. The maximum absolute atomic E-state index is 13.0. The Morgan fingerprint density at radius 1 is 1.29 bits per heavy atom. The van der Waals surface area contributed by atoms with Crippen LogP contribution in [0.3, 0.4) is 0 Å². The van der Waals surface area contributed by atoms with Gasteiger partial charge in [-0.15, -0.1) is 0 Å². The van der Waals surface area contributed by atoms with Crippen molar-refractivity contribution < 1.29 is 4.79 Å². The maximum Gasteiger partial charge on any atom is 0.227 e. The Hall–Kier alpha value is -1.07. The summed E-state index contributed by atoms with van der Waals surface area (Å²) >= 11 is 5.92. The standard InChI is InChI=1S/C18H29ClN4O/c1-15(13-22-14-16(19)12-20-22)18(24)23-10-3-2-6-17(23)7-11-21-8-4-5-9-21/h12,14-15,17H,2-11,13H2,1H3. The van der Waals surface area contributed by atoms with Crippen molar-refractivity contribution in [1.29, 1.82) is 0 Å². The lowest BCUT2D eigenvalue weighted by molar-refractivity contribution is -0.139. The summed E-state index contributed by atoms with van der Waals surface area (Å²) in [6, 6.07) is 0.413. The Kier molecular flexibility index (Phi) is 6.17. The van der Waals surface area contributed by atoms with E-state index >= 15 is 0 Å². The van der Waals surface area contributed by atoms with Gasteiger partial charge in [0.15, 0.2) is 0 Å². The van der Waals surface area contributed by atoms with Gasteiger partial charge in [-0.3, -0.25) is 9.48 Å². The molecule has 24 heavy (non-hydrogen) atoms. The van der Waals surface area contributed by atoms with Gasteiger partial charge in [0.2, 0.25) is 5.91 Å². The van der Waals surface area contributed by atoms with Crippen LogP contribution < -0.4 is 0 Å². The number of piperidine rings is 1. The van der Waals surface area contributed by atoms with E-state index in [1.54, 1.807) is 17.1 Å². The van der Waals surface area contributed by atoms with Crippen LogP contribution in [-0.4, -0.2) is 57.7 Å². The molecule has 5 nitrogen and oxygen atoms in total. The van der Waals surface area contributed by atoms with Crippen molar-refractivity contribution in [2.45, 2.75) is 58.0 Å². The van der Waals surface area contributed by atoms with Crippen molar-refractivity contribution >= 4 is 17.5 Å². The van der Waals surface area contributed by atoms with Gasteiger partial charge >= 0.3 is 0 Å². The molecule has 0 aromatic carbocycles. The number of likely N-dealkylation sites (tertiary alicyclic amines) is 2. The number of nitrogens with zero attached hydrogens (tertiary/aromatic N) is 4. The van der Waals surface area contributed by atoms with Crippen LogP contribution in [0, 0.1) is 5.92 Å². The quantitative estimate of drug-likeness (QED) is 0.790. The highest BCUT2D eigenvalue weighted by Gasteiger charge is 2.30. The first kappa shape index (κ1) is 17.7. The van der Waals surface area contributed by atoms with E-state index in [4.69, 9.17) is 11.6 Å². The summed E-state index contributed by atoms with van der Waals surface area (Å²) in [5, 5.41) is 4.82. The molecule has 2 atom stereocenters. The van der Waals surface area contributed by atoms with Crippen LogP contribution in [0.4, 0.5) is 0 Å². The van der Waals surface area contributed by atoms with Crippen molar-refractivity contribution in [2.75, 3.05) is 26.2 Å². The number of hydrogen-bond acceptors (Lipinski definition) is 3. The summed E-state index contributed by atoms with van der Waals surface area (Å²) in [5.74, 6) is 0.209. The zero-order chi connectivity index (χ0) is 16.9. The van der Waals surface area contributed by atoms with Crippen LogP contribution in [0.1, 0.15) is 45.4 Å². The Bertz CT molecular complexity index is 541. The fourth-order valence-electron chi connectivity index (χ4n) is 4.01. The average molecular weight is 353 g/mol. The first-order chi connectivity index (χ1) is 11.6. The number of carbonyl (C=O) groups is 1. The largest absolute Gasteiger partial charge is 0.339 e. The fraction of sp³-hybridized carbons (Fsp3) is 0.778. The van der Waals surface area contributed by atoms with E-state index in [9.17, 15) is 4.79 Å². The number of hydrogen-bond donors (Lipinski definition) is 0.